The van der Waals surface area contributed by atoms with E-state index in [0.717, 1.165) is 89.1 Å². The molecule has 8 heteroatoms. The van der Waals surface area contributed by atoms with Gasteiger partial charge in [-0.3, -0.25) is 0 Å². The van der Waals surface area contributed by atoms with Gasteiger partial charge in [-0.15, -0.1) is 0 Å². The van der Waals surface area contributed by atoms with Crippen molar-refractivity contribution in [1.82, 2.24) is 39.0 Å². The molecule has 0 radical (unpaired) electrons. The summed E-state index contributed by atoms with van der Waals surface area (Å²) in [5.41, 5.74) is 25.5. The molecule has 0 bridgehead atoms. The molecule has 17 aromatic rings. The zero-order chi connectivity index (χ0) is 64.4. The van der Waals surface area contributed by atoms with Crippen LogP contribution in [0.1, 0.15) is 22.3 Å². The normalized spacial score (nSPS) is 11.5. The number of nitrogens with zero attached hydrogens (tertiary/aromatic N) is 8. The first-order valence-corrected chi connectivity index (χ1v) is 32.6. The molecule has 0 unspecified atom stereocenters. The van der Waals surface area contributed by atoms with E-state index >= 15 is 0 Å². The lowest BCUT2D eigenvalue weighted by molar-refractivity contribution is 1.07. The van der Waals surface area contributed by atoms with Crippen LogP contribution >= 0.6 is 0 Å². The first kappa shape index (κ1) is 57.4. The van der Waals surface area contributed by atoms with Gasteiger partial charge in [0.15, 0.2) is 34.9 Å². The third-order valence-electron chi connectivity index (χ3n) is 18.6. The van der Waals surface area contributed by atoms with Crippen LogP contribution in [0, 0.1) is 27.7 Å². The SMILES string of the molecule is Cc1ccc(-c2ccc3c(c2)c2ccccc2n3-c2ccc(-c3nc(-c4ccccc4)nc(-c4ccccc4)n3)cc2-c2cccc(-c3cc(-c4nc(-c5ccccc5)nc(-c5ccccc5)n4)ccc3-n3c4ccccc4c4cc(-c5ccc(C)cc5C)ccc43)c2)c(C)c1. The van der Waals surface area contributed by atoms with E-state index in [4.69, 9.17) is 29.9 Å². The van der Waals surface area contributed by atoms with Gasteiger partial charge in [0.25, 0.3) is 0 Å². The Morgan fingerprint density at radius 2 is 0.500 bits per heavy atom. The lowest BCUT2D eigenvalue weighted by atomic mass is 9.94. The summed E-state index contributed by atoms with van der Waals surface area (Å²) in [6.07, 6.45) is 0. The highest BCUT2D eigenvalue weighted by Gasteiger charge is 2.24. The average Bonchev–Trinajstić information content (AvgIpc) is 1.62. The molecule has 0 aliphatic carbocycles. The lowest BCUT2D eigenvalue weighted by Gasteiger charge is -2.19. The Kier molecular flexibility index (Phi) is 14.3. The quantitative estimate of drug-likeness (QED) is 0.121. The number of para-hydroxylation sites is 2. The fourth-order valence-electron chi connectivity index (χ4n) is 14.0. The summed E-state index contributed by atoms with van der Waals surface area (Å²) >= 11 is 0. The van der Waals surface area contributed by atoms with Crippen molar-refractivity contribution < 1.29 is 0 Å². The summed E-state index contributed by atoms with van der Waals surface area (Å²) in [5, 5.41) is 4.67. The van der Waals surface area contributed by atoms with E-state index in [2.05, 4.69) is 267 Å². The number of hydrogen-bond donors (Lipinski definition) is 0. The maximum atomic E-state index is 5.30. The average molecular weight is 1230 g/mol. The number of aryl methyl sites for hydroxylation is 4. The smallest absolute Gasteiger partial charge is 0.164 e. The van der Waals surface area contributed by atoms with E-state index in [1.807, 2.05) is 72.8 Å². The molecule has 0 saturated carbocycles. The van der Waals surface area contributed by atoms with Gasteiger partial charge in [-0.25, -0.2) is 29.9 Å². The minimum Gasteiger partial charge on any atom is -0.309 e. The van der Waals surface area contributed by atoms with E-state index in [-0.39, 0.29) is 0 Å². The van der Waals surface area contributed by atoms with Gasteiger partial charge in [0.05, 0.1) is 33.4 Å². The van der Waals surface area contributed by atoms with Gasteiger partial charge in [0, 0.05) is 66.1 Å². The first-order chi connectivity index (χ1) is 47.2. The Balaban J connectivity index is 0.917. The fourth-order valence-corrected chi connectivity index (χ4v) is 14.0. The molecule has 0 saturated heterocycles. The van der Waals surface area contributed by atoms with Crippen LogP contribution in [0.4, 0.5) is 0 Å². The largest absolute Gasteiger partial charge is 0.309 e. The molecule has 13 aromatic carbocycles. The molecular weight excluding hydrogens is 1170 g/mol. The molecule has 0 fully saturated rings. The van der Waals surface area contributed by atoms with Crippen LogP contribution in [0.5, 0.6) is 0 Å². The van der Waals surface area contributed by atoms with E-state index in [1.54, 1.807) is 0 Å². The summed E-state index contributed by atoms with van der Waals surface area (Å²) in [6.45, 7) is 8.72. The molecule has 96 heavy (non-hydrogen) atoms. The van der Waals surface area contributed by atoms with Crippen molar-refractivity contribution in [2.24, 2.45) is 0 Å². The van der Waals surface area contributed by atoms with Crippen LogP contribution in [0.25, 0.3) is 168 Å². The highest BCUT2D eigenvalue weighted by molar-refractivity contribution is 6.12. The van der Waals surface area contributed by atoms with E-state index < -0.39 is 0 Å². The van der Waals surface area contributed by atoms with Crippen molar-refractivity contribution >= 4 is 43.6 Å². The monoisotopic (exact) mass is 1230 g/mol. The summed E-state index contributed by atoms with van der Waals surface area (Å²) in [5.74, 6) is 3.51. The highest BCUT2D eigenvalue weighted by Crippen LogP contribution is 2.44. The van der Waals surface area contributed by atoms with Crippen molar-refractivity contribution in [2.75, 3.05) is 0 Å². The van der Waals surface area contributed by atoms with Gasteiger partial charge in [-0.05, 0) is 151 Å². The van der Waals surface area contributed by atoms with E-state index in [0.29, 0.717) is 34.9 Å². The van der Waals surface area contributed by atoms with Crippen LogP contribution in [-0.4, -0.2) is 39.0 Å². The number of fused-ring (bicyclic) bond motifs is 6. The second kappa shape index (κ2) is 23.9. The van der Waals surface area contributed by atoms with Crippen molar-refractivity contribution in [3.63, 3.8) is 0 Å². The molecule has 0 N–H and O–H groups in total. The molecule has 0 spiro atoms. The summed E-state index contributed by atoms with van der Waals surface area (Å²) in [7, 11) is 0. The van der Waals surface area contributed by atoms with Gasteiger partial charge in [-0.2, -0.15) is 0 Å². The topological polar surface area (TPSA) is 87.2 Å². The predicted octanol–water partition coefficient (Wildman–Crippen LogP) is 22.2. The van der Waals surface area contributed by atoms with Crippen LogP contribution in [-0.2, 0) is 0 Å². The molecule has 4 aromatic heterocycles. The number of hydrogen-bond acceptors (Lipinski definition) is 6. The second-order valence-electron chi connectivity index (χ2n) is 24.9. The number of aromatic nitrogens is 8. The van der Waals surface area contributed by atoms with Gasteiger partial charge in [0.1, 0.15) is 0 Å². The molecular formula is C88H62N8. The third-order valence-corrected chi connectivity index (χ3v) is 18.6. The minimum absolute atomic E-state index is 0.566. The van der Waals surface area contributed by atoms with Gasteiger partial charge < -0.3 is 9.13 Å². The van der Waals surface area contributed by atoms with Gasteiger partial charge in [0.2, 0.25) is 0 Å². The Labute approximate surface area is 556 Å². The van der Waals surface area contributed by atoms with Crippen molar-refractivity contribution in [3.05, 3.63) is 326 Å². The molecule has 0 atom stereocenters. The number of benzene rings is 13. The van der Waals surface area contributed by atoms with Crippen LogP contribution < -0.4 is 0 Å². The molecule has 4 heterocycles. The zero-order valence-corrected chi connectivity index (χ0v) is 53.4. The van der Waals surface area contributed by atoms with E-state index in [9.17, 15) is 0 Å². The van der Waals surface area contributed by atoms with Gasteiger partial charge >= 0.3 is 0 Å². The Morgan fingerprint density at radius 3 is 0.865 bits per heavy atom. The third kappa shape index (κ3) is 10.4. The molecule has 0 aliphatic heterocycles. The summed E-state index contributed by atoms with van der Waals surface area (Å²) in [4.78, 5) is 31.4. The van der Waals surface area contributed by atoms with Crippen molar-refractivity contribution in [1.29, 1.82) is 0 Å². The van der Waals surface area contributed by atoms with Crippen molar-refractivity contribution in [3.8, 4) is 124 Å². The molecule has 17 rings (SSSR count). The molecule has 8 nitrogen and oxygen atoms in total. The van der Waals surface area contributed by atoms with Crippen LogP contribution in [0.2, 0.25) is 0 Å². The fraction of sp³-hybridized carbons (Fsp3) is 0.0455. The van der Waals surface area contributed by atoms with Gasteiger partial charge in [-0.1, -0.05) is 236 Å². The van der Waals surface area contributed by atoms with Crippen LogP contribution in [0.15, 0.2) is 303 Å². The standard InChI is InChI=1S/C88H62N8/c1-55-36-42-69(57(3)48-55)65-38-44-81-75(51-65)71-32-17-19-34-77(71)95(81)79-46-40-67(87-91-83(59-22-9-5-10-23-59)89-84(92-87)60-24-11-6-12-25-60)53-73(79)63-30-21-31-64(50-63)74-54-68(88-93-85(61-26-13-7-14-27-61)90-86(94-88)62-28-15-8-16-29-62)41-47-80(74)96-78-35-20-18-33-72(78)76-52-66(39-45-82(76)96)70-43-37-56(2)49-58(70)4/h5-54H,1-4H3. The van der Waals surface area contributed by atoms with E-state index in [1.165, 1.54) is 66.1 Å². The second-order valence-corrected chi connectivity index (χ2v) is 24.9. The Bertz CT molecular complexity index is 5400. The molecule has 0 amide bonds. The Hall–Kier alpha value is -12.5. The zero-order valence-electron chi connectivity index (χ0n) is 53.4. The summed E-state index contributed by atoms with van der Waals surface area (Å²) < 4.78 is 4.87. The van der Waals surface area contributed by atoms with Crippen LogP contribution in [0.3, 0.4) is 0 Å². The molecule has 0 aliphatic rings. The lowest BCUT2D eigenvalue weighted by Crippen LogP contribution is -2.02. The first-order valence-electron chi connectivity index (χ1n) is 32.6. The van der Waals surface area contributed by atoms with Crippen molar-refractivity contribution in [2.45, 2.75) is 27.7 Å². The predicted molar refractivity (Wildman–Crippen MR) is 395 cm³/mol. The Morgan fingerprint density at radius 1 is 0.198 bits per heavy atom. The minimum atomic E-state index is 0.566. The maximum Gasteiger partial charge on any atom is 0.164 e. The maximum absolute atomic E-state index is 5.30. The molecule has 454 valence electrons. The number of rotatable bonds is 12. The highest BCUT2D eigenvalue weighted by atomic mass is 15.0. The summed E-state index contributed by atoms with van der Waals surface area (Å²) in [6, 6.07) is 108.